The summed E-state index contributed by atoms with van der Waals surface area (Å²) in [6, 6.07) is 12.6. The van der Waals surface area contributed by atoms with Crippen molar-refractivity contribution in [1.29, 1.82) is 0 Å². The van der Waals surface area contributed by atoms with E-state index in [0.717, 1.165) is 21.0 Å². The molecule has 2 aromatic carbocycles. The second kappa shape index (κ2) is 10.8. The van der Waals surface area contributed by atoms with Gasteiger partial charge in [-0.15, -0.1) is 11.3 Å². The lowest BCUT2D eigenvalue weighted by Gasteiger charge is -2.39. The van der Waals surface area contributed by atoms with E-state index in [9.17, 15) is 39.5 Å². The fourth-order valence-corrected chi connectivity index (χ4v) is 4.44. The smallest absolute Gasteiger partial charge is 0.435 e. The number of halogens is 9. The van der Waals surface area contributed by atoms with Crippen LogP contribution in [-0.2, 0) is 4.74 Å². The summed E-state index contributed by atoms with van der Waals surface area (Å²) in [6.45, 7) is -0.0864. The van der Waals surface area contributed by atoms with Gasteiger partial charge in [-0.05, 0) is 49.4 Å². The molecule has 0 saturated carbocycles. The van der Waals surface area contributed by atoms with Crippen molar-refractivity contribution in [2.75, 3.05) is 32.1 Å². The second-order valence-electron chi connectivity index (χ2n) is 8.33. The van der Waals surface area contributed by atoms with Crippen molar-refractivity contribution >= 4 is 27.2 Å². The molecule has 1 N–H and O–H groups in total. The molecule has 0 aliphatic heterocycles. The number of fused-ring (bicyclic) bond motifs is 1. The van der Waals surface area contributed by atoms with Gasteiger partial charge in [-0.25, -0.2) is 4.98 Å². The SMILES string of the molecule is CC(NCCOc1ccc2nc(-c3ccc(N(C)C)cc3)sc2c1)OC(C(F)(F)F)(C(F)(F)F)C(F)(F)F. The van der Waals surface area contributed by atoms with Gasteiger partial charge < -0.3 is 14.4 Å². The van der Waals surface area contributed by atoms with Crippen LogP contribution in [0.4, 0.5) is 45.2 Å². The van der Waals surface area contributed by atoms with Gasteiger partial charge in [0.15, 0.2) is 0 Å². The minimum Gasteiger partial charge on any atom is -0.492 e. The van der Waals surface area contributed by atoms with Crippen molar-refractivity contribution < 1.29 is 49.0 Å². The number of nitrogens with zero attached hydrogens (tertiary/aromatic N) is 2. The van der Waals surface area contributed by atoms with Crippen molar-refractivity contribution in [3.8, 4) is 16.3 Å². The van der Waals surface area contributed by atoms with Crippen molar-refractivity contribution in [2.24, 2.45) is 0 Å². The Morgan fingerprint density at radius 1 is 0.895 bits per heavy atom. The molecule has 5 nitrogen and oxygen atoms in total. The number of nitrogens with one attached hydrogen (secondary N) is 1. The lowest BCUT2D eigenvalue weighted by molar-refractivity contribution is -0.465. The third-order valence-electron chi connectivity index (χ3n) is 5.34. The molecule has 0 bridgehead atoms. The zero-order valence-electron chi connectivity index (χ0n) is 20.1. The van der Waals surface area contributed by atoms with Crippen LogP contribution in [-0.4, -0.2) is 62.6 Å². The molecule has 1 aromatic heterocycles. The minimum atomic E-state index is -6.80. The largest absolute Gasteiger partial charge is 0.492 e. The average molecular weight is 575 g/mol. The molecule has 0 fully saturated rings. The number of hydrogen-bond acceptors (Lipinski definition) is 6. The Hall–Kier alpha value is -2.78. The van der Waals surface area contributed by atoms with Crippen molar-refractivity contribution in [3.05, 3.63) is 42.5 Å². The number of benzene rings is 2. The highest BCUT2D eigenvalue weighted by atomic mass is 32.1. The summed E-state index contributed by atoms with van der Waals surface area (Å²) in [4.78, 5) is 6.51. The van der Waals surface area contributed by atoms with E-state index < -0.39 is 36.9 Å². The molecule has 0 radical (unpaired) electrons. The maximum Gasteiger partial charge on any atom is 0.435 e. The van der Waals surface area contributed by atoms with Crippen molar-refractivity contribution in [1.82, 2.24) is 10.3 Å². The molecule has 0 spiro atoms. The molecule has 3 rings (SSSR count). The second-order valence-corrected chi connectivity index (χ2v) is 9.36. The van der Waals surface area contributed by atoms with Crippen LogP contribution in [0.25, 0.3) is 20.8 Å². The lowest BCUT2D eigenvalue weighted by atomic mass is 10.0. The Balaban J connectivity index is 1.62. The molecule has 15 heteroatoms. The Bertz CT molecular complexity index is 1190. The topological polar surface area (TPSA) is 46.6 Å². The van der Waals surface area contributed by atoms with Gasteiger partial charge in [-0.2, -0.15) is 39.5 Å². The standard InChI is InChI=1S/C23H22F9N3O2S/c1-13(37-20(21(24,25)26,22(27,28)29)23(30,31)32)33-10-11-36-16-8-9-17-18(12-16)38-19(34-17)14-4-6-15(7-5-14)35(2)3/h4-9,12-13,33H,10-11H2,1-3H3. The third kappa shape index (κ3) is 6.10. The highest BCUT2D eigenvalue weighted by molar-refractivity contribution is 7.21. The van der Waals surface area contributed by atoms with E-state index in [2.05, 4.69) is 9.72 Å². The molecule has 0 aliphatic carbocycles. The van der Waals surface area contributed by atoms with Gasteiger partial charge in [0.05, 0.1) is 10.2 Å². The Morgan fingerprint density at radius 3 is 2.00 bits per heavy atom. The highest BCUT2D eigenvalue weighted by Gasteiger charge is 2.85. The van der Waals surface area contributed by atoms with Gasteiger partial charge in [-0.3, -0.25) is 5.32 Å². The molecule has 0 amide bonds. The quantitative estimate of drug-likeness (QED) is 0.173. The number of ether oxygens (including phenoxy) is 2. The summed E-state index contributed by atoms with van der Waals surface area (Å²) in [5.41, 5.74) is -3.76. The van der Waals surface area contributed by atoms with Crippen LogP contribution in [0.3, 0.4) is 0 Å². The van der Waals surface area contributed by atoms with Gasteiger partial charge >= 0.3 is 24.1 Å². The first-order valence-electron chi connectivity index (χ1n) is 10.9. The Kier molecular flexibility index (Phi) is 8.44. The first-order valence-corrected chi connectivity index (χ1v) is 11.7. The van der Waals surface area contributed by atoms with Crippen LogP contribution >= 0.6 is 11.3 Å². The fourth-order valence-electron chi connectivity index (χ4n) is 3.44. The highest BCUT2D eigenvalue weighted by Crippen LogP contribution is 2.55. The molecular weight excluding hydrogens is 553 g/mol. The summed E-state index contributed by atoms with van der Waals surface area (Å²) in [6.07, 6.45) is -22.7. The van der Waals surface area contributed by atoms with Crippen LogP contribution in [0, 0.1) is 0 Å². The third-order valence-corrected chi connectivity index (χ3v) is 6.41. The molecular formula is C23H22F9N3O2S. The zero-order valence-corrected chi connectivity index (χ0v) is 20.9. The maximum absolute atomic E-state index is 13.0. The van der Waals surface area contributed by atoms with E-state index in [-0.39, 0.29) is 6.61 Å². The van der Waals surface area contributed by atoms with Crippen molar-refractivity contribution in [3.63, 3.8) is 0 Å². The first kappa shape index (κ1) is 29.8. The normalized spacial score (nSPS) is 14.1. The molecule has 1 atom stereocenters. The lowest BCUT2D eigenvalue weighted by Crippen LogP contribution is -2.69. The van der Waals surface area contributed by atoms with E-state index in [1.807, 2.05) is 48.6 Å². The van der Waals surface area contributed by atoms with E-state index in [0.29, 0.717) is 18.2 Å². The van der Waals surface area contributed by atoms with Crippen LogP contribution in [0.2, 0.25) is 0 Å². The van der Waals surface area contributed by atoms with Gasteiger partial charge in [0.1, 0.15) is 23.6 Å². The summed E-state index contributed by atoms with van der Waals surface area (Å²) in [7, 11) is 3.83. The summed E-state index contributed by atoms with van der Waals surface area (Å²) < 4.78 is 127. The predicted octanol–water partition coefficient (Wildman–Crippen LogP) is 6.79. The predicted molar refractivity (Wildman–Crippen MR) is 124 cm³/mol. The molecule has 0 aliphatic rings. The average Bonchev–Trinajstić information content (AvgIpc) is 3.21. The molecule has 38 heavy (non-hydrogen) atoms. The van der Waals surface area contributed by atoms with Gasteiger partial charge in [0.2, 0.25) is 0 Å². The molecule has 210 valence electrons. The zero-order chi connectivity index (χ0) is 28.5. The van der Waals surface area contributed by atoms with E-state index in [4.69, 9.17) is 4.74 Å². The van der Waals surface area contributed by atoms with Crippen LogP contribution < -0.4 is 15.0 Å². The van der Waals surface area contributed by atoms with E-state index >= 15 is 0 Å². The molecule has 0 saturated heterocycles. The minimum absolute atomic E-state index is 0.284. The molecule has 1 heterocycles. The number of anilines is 1. The van der Waals surface area contributed by atoms with Crippen LogP contribution in [0.15, 0.2) is 42.5 Å². The summed E-state index contributed by atoms with van der Waals surface area (Å²) >= 11 is 1.38. The summed E-state index contributed by atoms with van der Waals surface area (Å²) in [5.74, 6) is 0.321. The van der Waals surface area contributed by atoms with Crippen LogP contribution in [0.5, 0.6) is 5.75 Å². The van der Waals surface area contributed by atoms with Crippen molar-refractivity contribution in [2.45, 2.75) is 37.3 Å². The van der Waals surface area contributed by atoms with Crippen LogP contribution in [0.1, 0.15) is 6.92 Å². The maximum atomic E-state index is 13.0. The number of thiazole rings is 1. The number of alkyl halides is 9. The monoisotopic (exact) mass is 575 g/mol. The number of aromatic nitrogens is 1. The number of hydrogen-bond donors (Lipinski definition) is 1. The van der Waals surface area contributed by atoms with E-state index in [1.165, 1.54) is 11.3 Å². The van der Waals surface area contributed by atoms with Gasteiger partial charge in [0, 0.05) is 31.9 Å². The van der Waals surface area contributed by atoms with Gasteiger partial charge in [0.25, 0.3) is 0 Å². The first-order chi connectivity index (χ1) is 17.5. The molecule has 3 aromatic rings. The summed E-state index contributed by atoms with van der Waals surface area (Å²) in [5, 5.41) is 2.79. The Morgan fingerprint density at radius 2 is 1.47 bits per heavy atom. The Labute approximate surface area is 215 Å². The van der Waals surface area contributed by atoms with E-state index in [1.54, 1.807) is 18.2 Å². The molecule has 1 unspecified atom stereocenters. The fraction of sp³-hybridized carbons (Fsp3) is 0.435. The number of rotatable bonds is 9. The van der Waals surface area contributed by atoms with Gasteiger partial charge in [-0.1, -0.05) is 0 Å².